The fraction of sp³-hybridized carbons (Fsp3) is 0.167. The second-order valence-electron chi connectivity index (χ2n) is 3.40. The first kappa shape index (κ1) is 14.4. The van der Waals surface area contributed by atoms with Gasteiger partial charge >= 0.3 is 0 Å². The van der Waals surface area contributed by atoms with E-state index in [9.17, 15) is 4.79 Å². The summed E-state index contributed by atoms with van der Waals surface area (Å²) in [4.78, 5) is 12.6. The first-order chi connectivity index (χ1) is 8.62. The van der Waals surface area contributed by atoms with Gasteiger partial charge in [-0.25, -0.2) is 0 Å². The minimum atomic E-state index is -0.746. The number of anilines is 1. The highest BCUT2D eigenvalue weighted by Gasteiger charge is 2.05. The summed E-state index contributed by atoms with van der Waals surface area (Å²) in [5.41, 5.74) is 6.52. The summed E-state index contributed by atoms with van der Waals surface area (Å²) in [6.07, 6.45) is 1.43. The Labute approximate surface area is 115 Å². The van der Waals surface area contributed by atoms with E-state index in [4.69, 9.17) is 34.2 Å². The third-order valence-corrected chi connectivity index (χ3v) is 2.82. The zero-order valence-corrected chi connectivity index (χ0v) is 10.9. The van der Waals surface area contributed by atoms with Crippen molar-refractivity contribution in [3.05, 3.63) is 35.4 Å². The average Bonchev–Trinajstić information content (AvgIpc) is 2.38. The van der Waals surface area contributed by atoms with Gasteiger partial charge in [-0.1, -0.05) is 12.1 Å². The molecule has 2 N–H and O–H groups in total. The number of carbonyl (C=O) groups excluding carboxylic acids is 1. The predicted octanol–water partition coefficient (Wildman–Crippen LogP) is 2.28. The Morgan fingerprint density at radius 2 is 1.89 bits per heavy atom. The Balaban J connectivity index is 2.97. The highest BCUT2D eigenvalue weighted by molar-refractivity contribution is 6.22. The fourth-order valence-electron chi connectivity index (χ4n) is 1.28. The minimum absolute atomic E-state index is 0.0886. The number of alkyl halides is 2. The second kappa shape index (κ2) is 6.90. The maximum atomic E-state index is 10.9. The van der Waals surface area contributed by atoms with Crippen LogP contribution in [0.3, 0.4) is 0 Å². The molecule has 0 fully saturated rings. The SMILES string of the molecule is N#C/C(=C\c1ccc(N(CCl)CCl)cc1)C(N)=O. The number of carbonyl (C=O) groups is 1. The summed E-state index contributed by atoms with van der Waals surface area (Å²) in [6.45, 7) is 0. The van der Waals surface area contributed by atoms with Gasteiger partial charge < -0.3 is 10.6 Å². The summed E-state index contributed by atoms with van der Waals surface area (Å²) in [5, 5.41) is 8.71. The molecule has 0 spiro atoms. The van der Waals surface area contributed by atoms with Crippen LogP contribution in [0.2, 0.25) is 0 Å². The first-order valence-electron chi connectivity index (χ1n) is 5.01. The van der Waals surface area contributed by atoms with E-state index >= 15 is 0 Å². The fourth-order valence-corrected chi connectivity index (χ4v) is 1.81. The number of nitrogens with zero attached hydrogens (tertiary/aromatic N) is 2. The van der Waals surface area contributed by atoms with E-state index < -0.39 is 5.91 Å². The lowest BCUT2D eigenvalue weighted by molar-refractivity contribution is -0.114. The molecule has 0 radical (unpaired) electrons. The topological polar surface area (TPSA) is 70.1 Å². The molecule has 1 aromatic rings. The second-order valence-corrected chi connectivity index (χ2v) is 3.88. The summed E-state index contributed by atoms with van der Waals surface area (Å²) in [6, 6.07) is 9.41. The summed E-state index contributed by atoms with van der Waals surface area (Å²) >= 11 is 11.4. The molecule has 6 heteroatoms. The van der Waals surface area contributed by atoms with Crippen molar-refractivity contribution in [1.82, 2.24) is 0 Å². The number of amides is 1. The van der Waals surface area contributed by atoms with E-state index in [0.717, 1.165) is 5.69 Å². The van der Waals surface area contributed by atoms with Crippen molar-refractivity contribution in [2.75, 3.05) is 16.9 Å². The van der Waals surface area contributed by atoms with Crippen LogP contribution in [0.1, 0.15) is 5.56 Å². The van der Waals surface area contributed by atoms with E-state index in [1.807, 2.05) is 0 Å². The van der Waals surface area contributed by atoms with E-state index in [1.165, 1.54) is 6.08 Å². The van der Waals surface area contributed by atoms with Gasteiger partial charge in [-0.05, 0) is 23.8 Å². The highest BCUT2D eigenvalue weighted by Crippen LogP contribution is 2.17. The Morgan fingerprint density at radius 3 is 2.28 bits per heavy atom. The molecule has 0 aliphatic heterocycles. The quantitative estimate of drug-likeness (QED) is 0.390. The molecule has 0 atom stereocenters. The lowest BCUT2D eigenvalue weighted by atomic mass is 10.1. The van der Waals surface area contributed by atoms with Gasteiger partial charge in [0, 0.05) is 5.69 Å². The molecule has 0 aromatic heterocycles. The molecule has 0 aliphatic carbocycles. The summed E-state index contributed by atoms with van der Waals surface area (Å²) in [7, 11) is 0. The molecule has 0 saturated heterocycles. The van der Waals surface area contributed by atoms with Crippen molar-refractivity contribution in [3.63, 3.8) is 0 Å². The normalized spacial score (nSPS) is 10.8. The van der Waals surface area contributed by atoms with Gasteiger partial charge in [0.1, 0.15) is 11.6 Å². The monoisotopic (exact) mass is 283 g/mol. The predicted molar refractivity (Wildman–Crippen MR) is 73.1 cm³/mol. The van der Waals surface area contributed by atoms with Crippen molar-refractivity contribution in [3.8, 4) is 6.07 Å². The van der Waals surface area contributed by atoms with Gasteiger partial charge in [0.15, 0.2) is 0 Å². The molecule has 0 unspecified atom stereocenters. The van der Waals surface area contributed by atoms with Crippen LogP contribution in [-0.2, 0) is 4.79 Å². The van der Waals surface area contributed by atoms with E-state index in [2.05, 4.69) is 0 Å². The third kappa shape index (κ3) is 3.66. The number of nitrogens with two attached hydrogens (primary N) is 1. The Hall–Kier alpha value is -1.70. The molecule has 1 aromatic carbocycles. The summed E-state index contributed by atoms with van der Waals surface area (Å²) < 4.78 is 0. The van der Waals surface area contributed by atoms with Crippen LogP contribution in [0.25, 0.3) is 6.08 Å². The maximum absolute atomic E-state index is 10.9. The molecular formula is C12H11Cl2N3O. The van der Waals surface area contributed by atoms with Gasteiger partial charge in [-0.2, -0.15) is 5.26 Å². The molecule has 1 rings (SSSR count). The van der Waals surface area contributed by atoms with Crippen LogP contribution in [0.5, 0.6) is 0 Å². The minimum Gasteiger partial charge on any atom is -0.365 e. The van der Waals surface area contributed by atoms with Crippen LogP contribution >= 0.6 is 23.2 Å². The number of hydrogen-bond acceptors (Lipinski definition) is 3. The van der Waals surface area contributed by atoms with Crippen molar-refractivity contribution in [1.29, 1.82) is 5.26 Å². The van der Waals surface area contributed by atoms with Gasteiger partial charge in [0.2, 0.25) is 0 Å². The number of benzene rings is 1. The van der Waals surface area contributed by atoms with Gasteiger partial charge in [0.05, 0.1) is 12.0 Å². The standard InChI is InChI=1S/C12H11Cl2N3O/c13-7-17(8-14)11-3-1-9(2-4-11)5-10(6-15)12(16)18/h1-5H,7-8H2,(H2,16,18)/b10-5+. The zero-order valence-electron chi connectivity index (χ0n) is 9.44. The van der Waals surface area contributed by atoms with E-state index in [-0.39, 0.29) is 17.6 Å². The van der Waals surface area contributed by atoms with Crippen molar-refractivity contribution >= 4 is 40.9 Å². The lowest BCUT2D eigenvalue weighted by Crippen LogP contribution is -2.18. The van der Waals surface area contributed by atoms with Gasteiger partial charge in [-0.15, -0.1) is 23.2 Å². The van der Waals surface area contributed by atoms with Crippen LogP contribution in [0, 0.1) is 11.3 Å². The Kier molecular flexibility index (Phi) is 5.50. The van der Waals surface area contributed by atoms with Gasteiger partial charge in [0.25, 0.3) is 5.91 Å². The largest absolute Gasteiger partial charge is 0.365 e. The van der Waals surface area contributed by atoms with Crippen molar-refractivity contribution in [2.45, 2.75) is 0 Å². The molecular weight excluding hydrogens is 273 g/mol. The van der Waals surface area contributed by atoms with E-state index in [0.29, 0.717) is 5.56 Å². The Morgan fingerprint density at radius 1 is 1.33 bits per heavy atom. The van der Waals surface area contributed by atoms with Gasteiger partial charge in [-0.3, -0.25) is 4.79 Å². The van der Waals surface area contributed by atoms with Crippen molar-refractivity contribution < 1.29 is 4.79 Å². The van der Waals surface area contributed by atoms with Crippen LogP contribution in [0.4, 0.5) is 5.69 Å². The van der Waals surface area contributed by atoms with Crippen LogP contribution < -0.4 is 10.6 Å². The number of nitriles is 1. The highest BCUT2D eigenvalue weighted by atomic mass is 35.5. The first-order valence-corrected chi connectivity index (χ1v) is 6.07. The summed E-state index contributed by atoms with van der Waals surface area (Å²) in [5.74, 6) is -0.746. The lowest BCUT2D eigenvalue weighted by Gasteiger charge is -2.18. The molecule has 4 nitrogen and oxygen atoms in total. The average molecular weight is 284 g/mol. The molecule has 1 amide bonds. The molecule has 0 heterocycles. The molecule has 0 saturated carbocycles. The zero-order chi connectivity index (χ0) is 13.5. The van der Waals surface area contributed by atoms with Crippen LogP contribution in [-0.4, -0.2) is 17.9 Å². The van der Waals surface area contributed by atoms with E-state index in [1.54, 1.807) is 35.2 Å². The number of primary amides is 1. The van der Waals surface area contributed by atoms with Crippen LogP contribution in [0.15, 0.2) is 29.8 Å². The molecule has 0 aliphatic rings. The maximum Gasteiger partial charge on any atom is 0.259 e. The number of hydrogen-bond donors (Lipinski definition) is 1. The Bertz CT molecular complexity index is 487. The molecule has 18 heavy (non-hydrogen) atoms. The number of halogens is 2. The third-order valence-electron chi connectivity index (χ3n) is 2.24. The smallest absolute Gasteiger partial charge is 0.259 e. The molecule has 94 valence electrons. The molecule has 0 bridgehead atoms. The van der Waals surface area contributed by atoms with Crippen molar-refractivity contribution in [2.24, 2.45) is 5.73 Å². The number of rotatable bonds is 5.